The number of ketones is 3. The number of rotatable bonds is 17. The zero-order valence-electron chi connectivity index (χ0n) is 37.6. The van der Waals surface area contributed by atoms with Gasteiger partial charge in [0.15, 0.2) is 11.4 Å². The molecule has 4 aromatic rings. The standard InChI is InChI=1S/C23H29F3N4O2.C20H23F3N4O2.C4H8O/c1-2-13-29-14-7-8-17(15-29)20(31)11-6-12-27-22(32)19-16-30(18-9-4-3-5-10-18)28-21(19)23(24,25)26;21-20(22,23)18-16(13-27(26-18)15-7-2-1-3-8-15)19(29)25-11-5-9-17(28)14-6-4-10-24-12-14;1-3-4(2)5/h3-5,9-10,16-17H,2,6-8,11-15H2,1H3,(H,27,32);1-3,7-8,13-14,24H,4-6,9-12H2,(H,25,29);3H2,1-2H3. The van der Waals surface area contributed by atoms with Gasteiger partial charge >= 0.3 is 12.4 Å². The van der Waals surface area contributed by atoms with E-state index in [-0.39, 0.29) is 42.3 Å². The first kappa shape index (κ1) is 52.9. The van der Waals surface area contributed by atoms with Gasteiger partial charge < -0.3 is 25.6 Å². The SMILES string of the molecule is CCC(C)=O.CCCN1CCCC(C(=O)CCCNC(=O)c2cn(-c3ccccc3)nc2C(F)(F)F)C1.O=C(NCCCC(=O)C1CCCNC1)c1cn(-c2ccccc2)nc1C(F)(F)F. The third kappa shape index (κ3) is 16.6. The minimum Gasteiger partial charge on any atom is -0.352 e. The lowest BCUT2D eigenvalue weighted by Gasteiger charge is -2.31. The highest BCUT2D eigenvalue weighted by Gasteiger charge is 2.40. The third-order valence-electron chi connectivity index (χ3n) is 11.0. The van der Waals surface area contributed by atoms with E-state index in [0.717, 1.165) is 80.0 Å². The van der Waals surface area contributed by atoms with Crippen molar-refractivity contribution < 1.29 is 50.3 Å². The predicted octanol–water partition coefficient (Wildman–Crippen LogP) is 8.05. The van der Waals surface area contributed by atoms with Crippen LogP contribution in [0.3, 0.4) is 0 Å². The summed E-state index contributed by atoms with van der Waals surface area (Å²) in [7, 11) is 0. The maximum atomic E-state index is 13.4. The lowest BCUT2D eigenvalue weighted by atomic mass is 9.91. The van der Waals surface area contributed by atoms with Crippen molar-refractivity contribution in [3.05, 3.63) is 95.6 Å². The molecule has 3 N–H and O–H groups in total. The molecule has 0 radical (unpaired) electrons. The number of para-hydroxylation sites is 2. The molecule has 2 aliphatic heterocycles. The Morgan fingerprint density at radius 3 is 1.56 bits per heavy atom. The Bertz CT molecular complexity index is 2170. The van der Waals surface area contributed by atoms with Crippen LogP contribution in [0.25, 0.3) is 11.4 Å². The molecule has 0 saturated carbocycles. The normalized spacial score (nSPS) is 16.5. The van der Waals surface area contributed by atoms with Crippen molar-refractivity contribution in [1.29, 1.82) is 0 Å². The molecule has 0 bridgehead atoms. The molecule has 6 rings (SSSR count). The predicted molar refractivity (Wildman–Crippen MR) is 236 cm³/mol. The number of aromatic nitrogens is 4. The van der Waals surface area contributed by atoms with Crippen molar-refractivity contribution in [2.24, 2.45) is 11.8 Å². The van der Waals surface area contributed by atoms with E-state index in [1.165, 1.54) is 0 Å². The quantitative estimate of drug-likeness (QED) is 0.0704. The molecule has 2 amide bonds. The van der Waals surface area contributed by atoms with E-state index in [0.29, 0.717) is 50.0 Å². The monoisotopic (exact) mass is 930 g/mol. The van der Waals surface area contributed by atoms with Crippen molar-refractivity contribution in [2.75, 3.05) is 45.8 Å². The molecule has 2 aromatic carbocycles. The molecular weight excluding hydrogens is 871 g/mol. The number of carbonyl (C=O) groups is 5. The van der Waals surface area contributed by atoms with Crippen LogP contribution in [0, 0.1) is 11.8 Å². The number of Topliss-reactive ketones (excluding diaryl/α,β-unsaturated/α-hetero) is 3. The molecule has 2 aromatic heterocycles. The molecule has 360 valence electrons. The van der Waals surface area contributed by atoms with Gasteiger partial charge in [-0.15, -0.1) is 0 Å². The maximum Gasteiger partial charge on any atom is 0.435 e. The molecule has 4 heterocycles. The first-order chi connectivity index (χ1) is 31.4. The zero-order valence-corrected chi connectivity index (χ0v) is 37.6. The number of likely N-dealkylation sites (tertiary alicyclic amines) is 1. The van der Waals surface area contributed by atoms with Gasteiger partial charge in [0.2, 0.25) is 0 Å². The first-order valence-corrected chi connectivity index (χ1v) is 22.4. The molecule has 13 nitrogen and oxygen atoms in total. The lowest BCUT2D eigenvalue weighted by Crippen LogP contribution is -2.39. The molecule has 2 unspecified atom stereocenters. The van der Waals surface area contributed by atoms with E-state index in [2.05, 4.69) is 38.0 Å². The second-order valence-corrected chi connectivity index (χ2v) is 16.2. The summed E-state index contributed by atoms with van der Waals surface area (Å²) >= 11 is 0. The number of hydrogen-bond donors (Lipinski definition) is 3. The molecule has 0 aliphatic carbocycles. The Morgan fingerprint density at radius 1 is 0.697 bits per heavy atom. The van der Waals surface area contributed by atoms with Crippen molar-refractivity contribution in [2.45, 2.75) is 97.3 Å². The number of nitrogens with one attached hydrogen (secondary N) is 3. The lowest BCUT2D eigenvalue weighted by molar-refractivity contribution is -0.142. The second kappa shape index (κ2) is 25.9. The van der Waals surface area contributed by atoms with Crippen molar-refractivity contribution >= 4 is 29.2 Å². The first-order valence-electron chi connectivity index (χ1n) is 22.4. The summed E-state index contributed by atoms with van der Waals surface area (Å²) in [6.07, 6.45) is -0.573. The molecule has 2 saturated heterocycles. The van der Waals surface area contributed by atoms with Gasteiger partial charge in [-0.1, -0.05) is 50.2 Å². The van der Waals surface area contributed by atoms with Gasteiger partial charge in [-0.3, -0.25) is 19.2 Å². The van der Waals surface area contributed by atoms with E-state index in [1.54, 1.807) is 67.6 Å². The highest BCUT2D eigenvalue weighted by atomic mass is 19.4. The van der Waals surface area contributed by atoms with Crippen LogP contribution in [0.5, 0.6) is 0 Å². The zero-order chi connectivity index (χ0) is 48.3. The Balaban J connectivity index is 0.000000263. The van der Waals surface area contributed by atoms with Crippen LogP contribution in [0.4, 0.5) is 26.3 Å². The Hall–Kier alpha value is -5.69. The Labute approximate surface area is 381 Å². The smallest absolute Gasteiger partial charge is 0.352 e. The summed E-state index contributed by atoms with van der Waals surface area (Å²) in [6, 6.07) is 16.6. The number of carbonyl (C=O) groups excluding carboxylic acids is 5. The number of benzene rings is 2. The largest absolute Gasteiger partial charge is 0.435 e. The van der Waals surface area contributed by atoms with Gasteiger partial charge in [0.25, 0.3) is 11.8 Å². The van der Waals surface area contributed by atoms with Crippen LogP contribution in [0.1, 0.15) is 117 Å². The van der Waals surface area contributed by atoms with E-state index in [1.807, 2.05) is 6.92 Å². The number of nitrogens with zero attached hydrogens (tertiary/aromatic N) is 5. The topological polar surface area (TPSA) is 160 Å². The highest BCUT2D eigenvalue weighted by molar-refractivity contribution is 5.96. The van der Waals surface area contributed by atoms with E-state index in [4.69, 9.17) is 0 Å². The number of amides is 2. The van der Waals surface area contributed by atoms with Crippen LogP contribution in [0.15, 0.2) is 73.1 Å². The van der Waals surface area contributed by atoms with Gasteiger partial charge in [0.1, 0.15) is 17.3 Å². The van der Waals surface area contributed by atoms with Crippen LogP contribution < -0.4 is 16.0 Å². The summed E-state index contributed by atoms with van der Waals surface area (Å²) < 4.78 is 82.3. The second-order valence-electron chi connectivity index (χ2n) is 16.2. The summed E-state index contributed by atoms with van der Waals surface area (Å²) in [5, 5.41) is 15.3. The number of halogens is 6. The number of hydrogen-bond acceptors (Lipinski definition) is 9. The minimum atomic E-state index is -4.76. The van der Waals surface area contributed by atoms with Gasteiger partial charge in [-0.2, -0.15) is 36.5 Å². The van der Waals surface area contributed by atoms with Gasteiger partial charge in [-0.05, 0) is 95.8 Å². The van der Waals surface area contributed by atoms with E-state index >= 15 is 0 Å². The molecule has 19 heteroatoms. The summed E-state index contributed by atoms with van der Waals surface area (Å²) in [4.78, 5) is 61.6. The third-order valence-corrected chi connectivity index (χ3v) is 11.0. The van der Waals surface area contributed by atoms with Crippen LogP contribution in [0.2, 0.25) is 0 Å². The minimum absolute atomic E-state index is 0.00642. The number of piperidine rings is 2. The average molecular weight is 931 g/mol. The Kier molecular flexibility index (Phi) is 20.7. The fraction of sp³-hybridized carbons (Fsp3) is 0.511. The summed E-state index contributed by atoms with van der Waals surface area (Å²) in [6.45, 7) is 10.2. The molecule has 2 fully saturated rings. The summed E-state index contributed by atoms with van der Waals surface area (Å²) in [5.41, 5.74) is -2.69. The van der Waals surface area contributed by atoms with Gasteiger partial charge in [-0.25, -0.2) is 9.36 Å². The maximum absolute atomic E-state index is 13.4. The Morgan fingerprint density at radius 2 is 1.15 bits per heavy atom. The molecule has 2 aliphatic rings. The molecule has 66 heavy (non-hydrogen) atoms. The molecule has 0 spiro atoms. The van der Waals surface area contributed by atoms with Gasteiger partial charge in [0.05, 0.1) is 22.5 Å². The fourth-order valence-electron chi connectivity index (χ4n) is 7.42. The molecular formula is C47H60F6N8O5. The van der Waals surface area contributed by atoms with Gasteiger partial charge in [0, 0.05) is 69.7 Å². The van der Waals surface area contributed by atoms with Crippen LogP contribution >= 0.6 is 0 Å². The summed E-state index contributed by atoms with van der Waals surface area (Å²) in [5.74, 6) is -1.17. The van der Waals surface area contributed by atoms with E-state index < -0.39 is 46.7 Å². The van der Waals surface area contributed by atoms with E-state index in [9.17, 15) is 50.3 Å². The van der Waals surface area contributed by atoms with Crippen molar-refractivity contribution in [3.63, 3.8) is 0 Å². The highest BCUT2D eigenvalue weighted by Crippen LogP contribution is 2.33. The van der Waals surface area contributed by atoms with Crippen LogP contribution in [-0.4, -0.2) is 99.4 Å². The fourth-order valence-corrected chi connectivity index (χ4v) is 7.42. The van der Waals surface area contributed by atoms with Crippen LogP contribution in [-0.2, 0) is 26.7 Å². The van der Waals surface area contributed by atoms with Crippen molar-refractivity contribution in [1.82, 2.24) is 40.4 Å². The van der Waals surface area contributed by atoms with Crippen molar-refractivity contribution in [3.8, 4) is 11.4 Å². The molecule has 2 atom stereocenters. The number of alkyl halides is 6. The average Bonchev–Trinajstić information content (AvgIpc) is 3.98.